The van der Waals surface area contributed by atoms with E-state index in [0.29, 0.717) is 24.2 Å². The molecule has 0 saturated carbocycles. The third-order valence-electron chi connectivity index (χ3n) is 12.5. The first-order valence-electron chi connectivity index (χ1n) is 23.8. The fourth-order valence-electron chi connectivity index (χ4n) is 8.99. The van der Waals surface area contributed by atoms with Crippen molar-refractivity contribution in [1.29, 1.82) is 0 Å². The quantitative estimate of drug-likeness (QED) is 0.0460. The van der Waals surface area contributed by atoms with Crippen LogP contribution in [0, 0.1) is 0 Å². The SMILES string of the molecule is CC(=O)N[C@@H]1[C@@H](O)[C@H](O[C@@H]2O[C@H](CO)[C@H](O)[C@H](O)[C@H]2NC(C)=O)[C@@H](CO)O[C@H]1n1cc(COCCCCOCc2cn([C@@H]3O[C@H](CO)[C@@H](O[C@@H]4O[C@H](CO)[C@H](O)[C@H](O)[C@H]4NC(C)=O)[C@H](O)[C@H]3NC(C)=O)nn2)nn1. The molecule has 74 heavy (non-hydrogen) atoms. The Labute approximate surface area is 422 Å². The third kappa shape index (κ3) is 14.3. The highest BCUT2D eigenvalue weighted by Crippen LogP contribution is 2.35. The van der Waals surface area contributed by atoms with Gasteiger partial charge in [0.25, 0.3) is 0 Å². The average molecular weight is 1070 g/mol. The van der Waals surface area contributed by atoms with Gasteiger partial charge in [-0.3, -0.25) is 19.2 Å². The second-order valence-corrected chi connectivity index (χ2v) is 18.2. The molecule has 32 heteroatoms. The van der Waals surface area contributed by atoms with Crippen LogP contribution in [0.4, 0.5) is 0 Å². The van der Waals surface area contributed by atoms with E-state index < -0.39 is 173 Å². The van der Waals surface area contributed by atoms with E-state index in [1.807, 2.05) is 0 Å². The summed E-state index contributed by atoms with van der Waals surface area (Å²) in [6.45, 7) is 2.30. The molecule has 4 saturated heterocycles. The summed E-state index contributed by atoms with van der Waals surface area (Å²) >= 11 is 0. The van der Waals surface area contributed by atoms with Crippen molar-refractivity contribution in [3.05, 3.63) is 23.8 Å². The molecular formula is C42H68N10O22. The molecule has 4 fully saturated rings. The molecule has 14 N–H and O–H groups in total. The second-order valence-electron chi connectivity index (χ2n) is 18.2. The highest BCUT2D eigenvalue weighted by molar-refractivity contribution is 5.74. The van der Waals surface area contributed by atoms with Gasteiger partial charge >= 0.3 is 0 Å². The van der Waals surface area contributed by atoms with Crippen LogP contribution in [-0.4, -0.2) is 254 Å². The van der Waals surface area contributed by atoms with Crippen LogP contribution in [-0.2, 0) is 70.3 Å². The number of hydrogen-bond acceptors (Lipinski definition) is 26. The van der Waals surface area contributed by atoms with Crippen molar-refractivity contribution >= 4 is 23.6 Å². The molecule has 0 spiro atoms. The lowest BCUT2D eigenvalue weighted by molar-refractivity contribution is -0.319. The summed E-state index contributed by atoms with van der Waals surface area (Å²) in [5.41, 5.74) is 0.682. The lowest BCUT2D eigenvalue weighted by atomic mass is 9.94. The van der Waals surface area contributed by atoms with Gasteiger partial charge in [-0.1, -0.05) is 10.4 Å². The van der Waals surface area contributed by atoms with E-state index in [4.69, 9.17) is 37.9 Å². The van der Waals surface area contributed by atoms with Crippen molar-refractivity contribution in [3.63, 3.8) is 0 Å². The molecule has 418 valence electrons. The zero-order valence-corrected chi connectivity index (χ0v) is 40.8. The van der Waals surface area contributed by atoms with Crippen LogP contribution in [0.25, 0.3) is 0 Å². The first-order valence-corrected chi connectivity index (χ1v) is 23.8. The highest BCUT2D eigenvalue weighted by Gasteiger charge is 2.54. The minimum absolute atomic E-state index is 0.00617. The number of nitrogens with zero attached hydrogens (tertiary/aromatic N) is 6. The Morgan fingerprint density at radius 2 is 0.838 bits per heavy atom. The molecule has 32 nitrogen and oxygen atoms in total. The lowest BCUT2D eigenvalue weighted by Gasteiger charge is -2.48. The summed E-state index contributed by atoms with van der Waals surface area (Å²) < 4.78 is 49.4. The number of nitrogens with one attached hydrogen (secondary N) is 4. The molecule has 0 bridgehead atoms. The fraction of sp³-hybridized carbons (Fsp3) is 0.810. The molecule has 2 aromatic heterocycles. The van der Waals surface area contributed by atoms with E-state index in [2.05, 4.69) is 41.9 Å². The van der Waals surface area contributed by atoms with Crippen LogP contribution in [0.5, 0.6) is 0 Å². The molecule has 4 aliphatic rings. The van der Waals surface area contributed by atoms with E-state index in [0.717, 1.165) is 13.8 Å². The van der Waals surface area contributed by atoms with Crippen LogP contribution < -0.4 is 21.3 Å². The summed E-state index contributed by atoms with van der Waals surface area (Å²) in [6.07, 6.45) is -19.6. The number of hydrogen-bond donors (Lipinski definition) is 14. The van der Waals surface area contributed by atoms with Crippen LogP contribution in [0.1, 0.15) is 64.4 Å². The number of ether oxygens (including phenoxy) is 8. The topological polar surface area (TPSA) is 454 Å². The molecule has 0 aromatic carbocycles. The standard InChI is InChI=1S/C42H68N10O22/c1-17(57)43-27-35(65)37(73-41-29(45-19(3)59)33(63)31(61)23(11-53)71-41)25(13-55)69-39(27)51-9-21(47-49-51)15-67-7-5-6-8-68-16-22-10-52(50-48-22)40-28(44-18(2)58)36(66)38(26(14-56)70-40)74-42-30(46-20(4)60)34(64)32(62)24(12-54)72-42/h9-10,23-42,53-56,61-66H,5-8,11-16H2,1-4H3,(H,43,57)(H,44,58)(H,45,59)(H,46,60)/t23-,24-,25-,26-,27-,28-,29-,30-,31+,32+,33-,34-,35-,36-,37-,38-,39-,40-,41+,42+/m1/s1. The van der Waals surface area contributed by atoms with Crippen molar-refractivity contribution in [2.24, 2.45) is 0 Å². The predicted octanol–water partition coefficient (Wildman–Crippen LogP) is -8.45. The van der Waals surface area contributed by atoms with Gasteiger partial charge in [0.2, 0.25) is 23.6 Å². The van der Waals surface area contributed by atoms with Crippen molar-refractivity contribution in [1.82, 2.24) is 51.3 Å². The first-order chi connectivity index (χ1) is 35.3. The maximum absolute atomic E-state index is 12.3. The monoisotopic (exact) mass is 1060 g/mol. The van der Waals surface area contributed by atoms with Gasteiger partial charge in [0.15, 0.2) is 25.0 Å². The van der Waals surface area contributed by atoms with E-state index in [1.54, 1.807) is 0 Å². The van der Waals surface area contributed by atoms with Gasteiger partial charge in [-0.15, -0.1) is 10.2 Å². The van der Waals surface area contributed by atoms with Gasteiger partial charge in [-0.25, -0.2) is 9.36 Å². The maximum atomic E-state index is 12.3. The third-order valence-corrected chi connectivity index (χ3v) is 12.5. The first kappa shape index (κ1) is 58.7. The number of amides is 4. The Balaban J connectivity index is 0.980. The van der Waals surface area contributed by atoms with Crippen molar-refractivity contribution in [3.8, 4) is 0 Å². The Hall–Kier alpha value is -4.56. The Kier molecular flexibility index (Phi) is 21.4. The Morgan fingerprint density at radius 1 is 0.500 bits per heavy atom. The fourth-order valence-corrected chi connectivity index (χ4v) is 8.99. The molecule has 4 amide bonds. The number of carbonyl (C=O) groups excluding carboxylic acids is 4. The van der Waals surface area contributed by atoms with Crippen molar-refractivity contribution in [2.75, 3.05) is 39.6 Å². The molecular weight excluding hydrogens is 997 g/mol. The largest absolute Gasteiger partial charge is 0.394 e. The predicted molar refractivity (Wildman–Crippen MR) is 238 cm³/mol. The number of aliphatic hydroxyl groups is 10. The Bertz CT molecular complexity index is 1980. The molecule has 0 radical (unpaired) electrons. The normalized spacial score (nSPS) is 36.5. The number of rotatable bonds is 23. The average Bonchev–Trinajstić information content (AvgIpc) is 4.04. The molecule has 6 rings (SSSR count). The van der Waals surface area contributed by atoms with Crippen LogP contribution in [0.3, 0.4) is 0 Å². The summed E-state index contributed by atoms with van der Waals surface area (Å²) in [4.78, 5) is 48.6. The minimum atomic E-state index is -1.66. The molecule has 4 aliphatic heterocycles. The molecule has 20 atom stereocenters. The van der Waals surface area contributed by atoms with E-state index in [-0.39, 0.29) is 26.4 Å². The highest BCUT2D eigenvalue weighted by atomic mass is 16.7. The maximum Gasteiger partial charge on any atom is 0.217 e. The van der Waals surface area contributed by atoms with Crippen LogP contribution in [0.2, 0.25) is 0 Å². The zero-order chi connectivity index (χ0) is 54.0. The van der Waals surface area contributed by atoms with Crippen molar-refractivity contribution in [2.45, 2.75) is 176 Å². The molecule has 0 unspecified atom stereocenters. The van der Waals surface area contributed by atoms with Crippen molar-refractivity contribution < 1.29 is 108 Å². The van der Waals surface area contributed by atoms with Gasteiger partial charge in [0, 0.05) is 40.9 Å². The van der Waals surface area contributed by atoms with Crippen LogP contribution >= 0.6 is 0 Å². The minimum Gasteiger partial charge on any atom is -0.394 e. The number of unbranched alkanes of at least 4 members (excludes halogenated alkanes) is 1. The number of aliphatic hydroxyl groups excluding tert-OH is 10. The van der Waals surface area contributed by atoms with Gasteiger partial charge in [-0.05, 0) is 12.8 Å². The van der Waals surface area contributed by atoms with Gasteiger partial charge in [0.1, 0.15) is 109 Å². The van der Waals surface area contributed by atoms with E-state index >= 15 is 0 Å². The summed E-state index contributed by atoms with van der Waals surface area (Å²) in [7, 11) is 0. The molecule has 2 aromatic rings. The van der Waals surface area contributed by atoms with Gasteiger partial charge < -0.3 is 110 Å². The summed E-state index contributed by atoms with van der Waals surface area (Å²) in [5.74, 6) is -2.39. The van der Waals surface area contributed by atoms with Gasteiger partial charge in [0.05, 0.1) is 52.0 Å². The zero-order valence-electron chi connectivity index (χ0n) is 40.8. The van der Waals surface area contributed by atoms with Gasteiger partial charge in [-0.2, -0.15) is 0 Å². The molecule has 0 aliphatic carbocycles. The number of carbonyl (C=O) groups is 4. The van der Waals surface area contributed by atoms with Crippen LogP contribution in [0.15, 0.2) is 12.4 Å². The lowest BCUT2D eigenvalue weighted by Crippen LogP contribution is -2.68. The summed E-state index contributed by atoms with van der Waals surface area (Å²) in [5, 5.41) is 132. The smallest absolute Gasteiger partial charge is 0.217 e. The van der Waals surface area contributed by atoms with E-state index in [9.17, 15) is 70.2 Å². The number of aromatic nitrogens is 6. The molecule has 6 heterocycles. The second kappa shape index (κ2) is 27.0. The Morgan fingerprint density at radius 3 is 1.16 bits per heavy atom. The summed E-state index contributed by atoms with van der Waals surface area (Å²) in [6, 6.07) is -5.28. The van der Waals surface area contributed by atoms with E-state index in [1.165, 1.54) is 35.6 Å².